The first-order chi connectivity index (χ1) is 10.2. The Morgan fingerprint density at radius 2 is 2.00 bits per heavy atom. The van der Waals surface area contributed by atoms with Gasteiger partial charge in [-0.1, -0.05) is 6.07 Å². The average Bonchev–Trinajstić information content (AvgIpc) is 2.52. The Bertz CT molecular complexity index is 759. The van der Waals surface area contributed by atoms with E-state index < -0.39 is 0 Å². The van der Waals surface area contributed by atoms with Crippen molar-refractivity contribution < 1.29 is 0 Å². The molecule has 2 aromatic heterocycles. The molecule has 2 heterocycles. The van der Waals surface area contributed by atoms with Crippen LogP contribution in [0.4, 0.5) is 11.6 Å². The highest BCUT2D eigenvalue weighted by atomic mass is 127. The van der Waals surface area contributed by atoms with Crippen LogP contribution in [0.2, 0.25) is 0 Å². The third-order valence-electron chi connectivity index (χ3n) is 3.06. The van der Waals surface area contributed by atoms with Crippen LogP contribution < -0.4 is 5.32 Å². The molecule has 0 amide bonds. The molecule has 3 aromatic rings. The molecule has 0 spiro atoms. The molecule has 1 aromatic carbocycles. The molecular weight excluding hydrogens is 375 g/mol. The second kappa shape index (κ2) is 6.17. The minimum absolute atomic E-state index is 0.585. The maximum atomic E-state index is 4.54. The minimum Gasteiger partial charge on any atom is -0.324 e. The third-order valence-corrected chi connectivity index (χ3v) is 3.73. The van der Waals surface area contributed by atoms with Gasteiger partial charge in [0.1, 0.15) is 0 Å². The van der Waals surface area contributed by atoms with Gasteiger partial charge in [-0.15, -0.1) is 0 Å². The number of anilines is 2. The fourth-order valence-corrected chi connectivity index (χ4v) is 2.43. The van der Waals surface area contributed by atoms with Crippen molar-refractivity contribution in [3.8, 4) is 11.3 Å². The van der Waals surface area contributed by atoms with Crippen molar-refractivity contribution in [3.63, 3.8) is 0 Å². The number of aromatic nitrogens is 3. The largest absolute Gasteiger partial charge is 0.324 e. The number of aryl methyl sites for hydroxylation is 1. The molecule has 0 aliphatic heterocycles. The Hall–Kier alpha value is -2.02. The standard InChI is InChI=1S/C16H13IN4/c1-11-4-5-13(17)9-15(11)21-16-19-8-6-14(20-16)12-3-2-7-18-10-12/h2-10H,1H3,(H,19,20,21). The average molecular weight is 388 g/mol. The second-order valence-electron chi connectivity index (χ2n) is 4.59. The molecule has 0 saturated heterocycles. The molecule has 0 unspecified atom stereocenters. The number of hydrogen-bond donors (Lipinski definition) is 1. The molecule has 0 aliphatic rings. The van der Waals surface area contributed by atoms with E-state index in [2.05, 4.69) is 68.0 Å². The molecule has 1 N–H and O–H groups in total. The van der Waals surface area contributed by atoms with E-state index in [0.29, 0.717) is 5.95 Å². The van der Waals surface area contributed by atoms with E-state index in [-0.39, 0.29) is 0 Å². The number of hydrogen-bond acceptors (Lipinski definition) is 4. The van der Waals surface area contributed by atoms with Crippen LogP contribution in [0.15, 0.2) is 55.0 Å². The minimum atomic E-state index is 0.585. The van der Waals surface area contributed by atoms with Gasteiger partial charge < -0.3 is 5.32 Å². The van der Waals surface area contributed by atoms with Crippen molar-refractivity contribution in [1.29, 1.82) is 0 Å². The number of rotatable bonds is 3. The Morgan fingerprint density at radius 1 is 1.10 bits per heavy atom. The SMILES string of the molecule is Cc1ccc(I)cc1Nc1nccc(-c2cccnc2)n1. The fourth-order valence-electron chi connectivity index (χ4n) is 1.94. The summed E-state index contributed by atoms with van der Waals surface area (Å²) in [4.78, 5) is 12.9. The van der Waals surface area contributed by atoms with Gasteiger partial charge in [-0.25, -0.2) is 9.97 Å². The van der Waals surface area contributed by atoms with Gasteiger partial charge in [-0.3, -0.25) is 4.98 Å². The van der Waals surface area contributed by atoms with Crippen molar-refractivity contribution in [3.05, 3.63) is 64.1 Å². The highest BCUT2D eigenvalue weighted by Crippen LogP contribution is 2.22. The van der Waals surface area contributed by atoms with E-state index in [1.807, 2.05) is 18.2 Å². The number of nitrogens with zero attached hydrogens (tertiary/aromatic N) is 3. The summed E-state index contributed by atoms with van der Waals surface area (Å²) in [6.45, 7) is 2.06. The zero-order valence-corrected chi connectivity index (χ0v) is 13.6. The first-order valence-corrected chi connectivity index (χ1v) is 7.57. The van der Waals surface area contributed by atoms with Gasteiger partial charge in [0.2, 0.25) is 5.95 Å². The van der Waals surface area contributed by atoms with Gasteiger partial charge in [-0.2, -0.15) is 0 Å². The summed E-state index contributed by atoms with van der Waals surface area (Å²) in [7, 11) is 0. The summed E-state index contributed by atoms with van der Waals surface area (Å²) in [6, 6.07) is 12.0. The summed E-state index contributed by atoms with van der Waals surface area (Å²) in [5.74, 6) is 0.585. The molecule has 0 atom stereocenters. The second-order valence-corrected chi connectivity index (χ2v) is 5.84. The Kier molecular flexibility index (Phi) is 4.10. The first-order valence-electron chi connectivity index (χ1n) is 6.49. The van der Waals surface area contributed by atoms with Crippen LogP contribution in [0.5, 0.6) is 0 Å². The first kappa shape index (κ1) is 13.9. The fraction of sp³-hybridized carbons (Fsp3) is 0.0625. The predicted molar refractivity (Wildman–Crippen MR) is 92.4 cm³/mol. The summed E-state index contributed by atoms with van der Waals surface area (Å²) < 4.78 is 1.17. The van der Waals surface area contributed by atoms with Crippen LogP contribution >= 0.6 is 22.6 Å². The highest BCUT2D eigenvalue weighted by Gasteiger charge is 2.05. The van der Waals surface area contributed by atoms with Crippen molar-refractivity contribution in [2.75, 3.05) is 5.32 Å². The van der Waals surface area contributed by atoms with Gasteiger partial charge in [0, 0.05) is 33.4 Å². The summed E-state index contributed by atoms with van der Waals surface area (Å²) in [5.41, 5.74) is 4.00. The van der Waals surface area contributed by atoms with Crippen molar-refractivity contribution in [2.45, 2.75) is 6.92 Å². The van der Waals surface area contributed by atoms with E-state index in [0.717, 1.165) is 22.5 Å². The summed E-state index contributed by atoms with van der Waals surface area (Å²) >= 11 is 2.29. The maximum absolute atomic E-state index is 4.54. The molecule has 4 nitrogen and oxygen atoms in total. The third kappa shape index (κ3) is 3.36. The van der Waals surface area contributed by atoms with Gasteiger partial charge >= 0.3 is 0 Å². The van der Waals surface area contributed by atoms with E-state index in [4.69, 9.17) is 0 Å². The molecule has 0 aliphatic carbocycles. The lowest BCUT2D eigenvalue weighted by atomic mass is 10.2. The van der Waals surface area contributed by atoms with Crippen LogP contribution in [0.25, 0.3) is 11.3 Å². The zero-order chi connectivity index (χ0) is 14.7. The number of halogens is 1. The van der Waals surface area contributed by atoms with Crippen LogP contribution in [0.1, 0.15) is 5.56 Å². The van der Waals surface area contributed by atoms with Crippen LogP contribution in [-0.4, -0.2) is 15.0 Å². The lowest BCUT2D eigenvalue weighted by molar-refractivity contribution is 1.16. The van der Waals surface area contributed by atoms with Crippen LogP contribution in [-0.2, 0) is 0 Å². The summed E-state index contributed by atoms with van der Waals surface area (Å²) in [6.07, 6.45) is 5.29. The normalized spacial score (nSPS) is 10.4. The molecule has 5 heteroatoms. The van der Waals surface area contributed by atoms with E-state index in [9.17, 15) is 0 Å². The summed E-state index contributed by atoms with van der Waals surface area (Å²) in [5, 5.41) is 3.28. The van der Waals surface area contributed by atoms with Gasteiger partial charge in [0.05, 0.1) is 5.69 Å². The van der Waals surface area contributed by atoms with Gasteiger partial charge in [-0.05, 0) is 65.4 Å². The topological polar surface area (TPSA) is 50.7 Å². The smallest absolute Gasteiger partial charge is 0.227 e. The van der Waals surface area contributed by atoms with Gasteiger partial charge in [0.25, 0.3) is 0 Å². The molecule has 0 fully saturated rings. The number of pyridine rings is 1. The Morgan fingerprint density at radius 3 is 2.81 bits per heavy atom. The molecule has 104 valence electrons. The lowest BCUT2D eigenvalue weighted by Gasteiger charge is -2.09. The monoisotopic (exact) mass is 388 g/mol. The van der Waals surface area contributed by atoms with Crippen LogP contribution in [0, 0.1) is 10.5 Å². The molecule has 21 heavy (non-hydrogen) atoms. The van der Waals surface area contributed by atoms with Crippen molar-refractivity contribution in [1.82, 2.24) is 15.0 Å². The molecular formula is C16H13IN4. The van der Waals surface area contributed by atoms with Crippen molar-refractivity contribution >= 4 is 34.2 Å². The Balaban J connectivity index is 1.92. The number of nitrogens with one attached hydrogen (secondary N) is 1. The molecule has 3 rings (SSSR count). The van der Waals surface area contributed by atoms with Crippen molar-refractivity contribution in [2.24, 2.45) is 0 Å². The maximum Gasteiger partial charge on any atom is 0.227 e. The molecule has 0 radical (unpaired) electrons. The predicted octanol–water partition coefficient (Wildman–Crippen LogP) is 4.20. The quantitative estimate of drug-likeness (QED) is 0.684. The van der Waals surface area contributed by atoms with E-state index in [1.165, 1.54) is 3.57 Å². The molecule has 0 bridgehead atoms. The molecule has 0 saturated carbocycles. The zero-order valence-electron chi connectivity index (χ0n) is 11.4. The Labute approximate surface area is 136 Å². The highest BCUT2D eigenvalue weighted by molar-refractivity contribution is 14.1. The van der Waals surface area contributed by atoms with Gasteiger partial charge in [0.15, 0.2) is 0 Å². The number of benzene rings is 1. The van der Waals surface area contributed by atoms with Crippen LogP contribution in [0.3, 0.4) is 0 Å². The lowest BCUT2D eigenvalue weighted by Crippen LogP contribution is -1.99. The van der Waals surface area contributed by atoms with E-state index in [1.54, 1.807) is 18.6 Å². The van der Waals surface area contributed by atoms with E-state index >= 15 is 0 Å².